The van der Waals surface area contributed by atoms with E-state index >= 15 is 0 Å². The van der Waals surface area contributed by atoms with Crippen LogP contribution in [0.4, 0.5) is 0 Å². The Bertz CT molecular complexity index is 1780. The Morgan fingerprint density at radius 3 is 2.74 bits per heavy atom. The molecule has 1 aromatic carbocycles. The van der Waals surface area contributed by atoms with Gasteiger partial charge in [-0.2, -0.15) is 0 Å². The maximum absolute atomic E-state index is 13.6. The molecule has 0 spiro atoms. The number of imidazole rings is 1. The Kier molecular flexibility index (Phi) is 8.46. The van der Waals surface area contributed by atoms with Gasteiger partial charge in [0.25, 0.3) is 5.91 Å². The zero-order valence-corrected chi connectivity index (χ0v) is 27.1. The predicted molar refractivity (Wildman–Crippen MR) is 177 cm³/mol. The summed E-state index contributed by atoms with van der Waals surface area (Å²) in [6, 6.07) is 9.77. The molecule has 3 aromatic heterocycles. The molecule has 5 heterocycles. The first-order valence-electron chi connectivity index (χ1n) is 16.8. The maximum atomic E-state index is 13.6. The van der Waals surface area contributed by atoms with Crippen LogP contribution in [0.15, 0.2) is 30.3 Å². The van der Waals surface area contributed by atoms with Crippen LogP contribution < -0.4 is 15.8 Å². The van der Waals surface area contributed by atoms with E-state index in [1.165, 1.54) is 0 Å². The molecule has 4 aromatic rings. The number of likely N-dealkylation sites (tertiary alicyclic amines) is 1. The number of amides is 2. The minimum atomic E-state index is -0.186. The number of rotatable bonds is 6. The minimum absolute atomic E-state index is 0.00746. The number of carbonyl (C=O) groups is 2. The highest BCUT2D eigenvalue weighted by atomic mass is 16.5. The van der Waals surface area contributed by atoms with Crippen LogP contribution in [-0.4, -0.2) is 75.8 Å². The molecule has 11 heteroatoms. The van der Waals surface area contributed by atoms with Crippen molar-refractivity contribution in [3.63, 3.8) is 0 Å². The second kappa shape index (κ2) is 12.7. The summed E-state index contributed by atoms with van der Waals surface area (Å²) in [5, 5.41) is 4.23. The summed E-state index contributed by atoms with van der Waals surface area (Å²) in [6.45, 7) is 5.09. The first kappa shape index (κ1) is 30.7. The van der Waals surface area contributed by atoms with E-state index in [1.807, 2.05) is 30.0 Å². The lowest BCUT2D eigenvalue weighted by Crippen LogP contribution is -2.45. The van der Waals surface area contributed by atoms with Gasteiger partial charge in [0.2, 0.25) is 5.91 Å². The molecule has 2 bridgehead atoms. The van der Waals surface area contributed by atoms with Gasteiger partial charge in [-0.15, -0.1) is 0 Å². The molecule has 46 heavy (non-hydrogen) atoms. The van der Waals surface area contributed by atoms with E-state index in [9.17, 15) is 9.59 Å². The van der Waals surface area contributed by atoms with Gasteiger partial charge in [-0.05, 0) is 75.3 Å². The minimum Gasteiger partial charge on any atom is -0.494 e. The molecular weight excluding hydrogens is 582 g/mol. The van der Waals surface area contributed by atoms with E-state index in [0.717, 1.165) is 85.3 Å². The van der Waals surface area contributed by atoms with Crippen molar-refractivity contribution in [2.24, 2.45) is 17.6 Å². The maximum Gasteiger partial charge on any atom is 0.254 e. The van der Waals surface area contributed by atoms with E-state index in [1.54, 1.807) is 14.2 Å². The van der Waals surface area contributed by atoms with Gasteiger partial charge >= 0.3 is 0 Å². The van der Waals surface area contributed by atoms with Gasteiger partial charge in [0.1, 0.15) is 16.9 Å². The van der Waals surface area contributed by atoms with Gasteiger partial charge in [-0.3, -0.25) is 9.59 Å². The topological polar surface area (TPSA) is 130 Å². The molecule has 2 amide bonds. The highest BCUT2D eigenvalue weighted by Gasteiger charge is 2.42. The molecule has 0 radical (unpaired) electrons. The number of hydrogen-bond donors (Lipinski definition) is 2. The highest BCUT2D eigenvalue weighted by Crippen LogP contribution is 2.43. The summed E-state index contributed by atoms with van der Waals surface area (Å²) in [6.07, 6.45) is 7.11. The standard InChI is InChI=1S/C35H45N7O4/c1-21-27-11-10-23-18-29(41(32(23)38-27)13-6-4-5-8-22-16-26(22)34(43)37-21)33-39-28-17-24(35(44)40-12-7-9-25(36)20-40)19-30(46-3)31(28)42(33)14-15-45-2/h10-11,17-19,21-22,25-26H,4-9,12-16,20,36H2,1-3H3,(H,37,43)/t21-,22-,25-,26-/m1/s1. The number of aryl methyl sites for hydroxylation is 1. The monoisotopic (exact) mass is 627 g/mol. The number of fused-ring (bicyclic) bond motifs is 3. The highest BCUT2D eigenvalue weighted by molar-refractivity contribution is 6.00. The summed E-state index contributed by atoms with van der Waals surface area (Å²) in [5.74, 6) is 2.11. The van der Waals surface area contributed by atoms with Gasteiger partial charge in [-0.25, -0.2) is 9.97 Å². The van der Waals surface area contributed by atoms with Crippen LogP contribution in [0.1, 0.15) is 74.0 Å². The van der Waals surface area contributed by atoms with Crippen LogP contribution in [0, 0.1) is 11.8 Å². The number of nitrogens with zero attached hydrogens (tertiary/aromatic N) is 5. The fourth-order valence-corrected chi connectivity index (χ4v) is 7.41. The molecule has 1 saturated heterocycles. The number of nitrogens with one attached hydrogen (secondary N) is 1. The lowest BCUT2D eigenvalue weighted by Gasteiger charge is -2.30. The normalized spacial score (nSPS) is 23.7. The lowest BCUT2D eigenvalue weighted by molar-refractivity contribution is -0.123. The van der Waals surface area contributed by atoms with Crippen LogP contribution in [-0.2, 0) is 22.6 Å². The zero-order chi connectivity index (χ0) is 31.9. The van der Waals surface area contributed by atoms with Crippen molar-refractivity contribution >= 4 is 33.9 Å². The third kappa shape index (κ3) is 5.75. The number of ether oxygens (including phenoxy) is 2. The predicted octanol–water partition coefficient (Wildman–Crippen LogP) is 4.66. The first-order chi connectivity index (χ1) is 22.4. The molecule has 11 nitrogen and oxygen atoms in total. The van der Waals surface area contributed by atoms with Crippen molar-refractivity contribution in [3.05, 3.63) is 41.6 Å². The number of pyridine rings is 1. The number of carbonyl (C=O) groups excluding carboxylic acids is 2. The van der Waals surface area contributed by atoms with Crippen LogP contribution in [0.5, 0.6) is 5.75 Å². The Labute approximate surface area is 269 Å². The first-order valence-corrected chi connectivity index (χ1v) is 16.8. The molecule has 2 aliphatic heterocycles. The Balaban J connectivity index is 1.34. The van der Waals surface area contributed by atoms with Crippen molar-refractivity contribution in [1.29, 1.82) is 0 Å². The second-order valence-corrected chi connectivity index (χ2v) is 13.3. The lowest BCUT2D eigenvalue weighted by atomic mass is 10.0. The number of aromatic nitrogens is 4. The molecule has 3 aliphatic rings. The third-order valence-corrected chi connectivity index (χ3v) is 10.1. The van der Waals surface area contributed by atoms with E-state index in [-0.39, 0.29) is 29.8 Å². The summed E-state index contributed by atoms with van der Waals surface area (Å²) in [5.41, 5.74) is 10.9. The fourth-order valence-electron chi connectivity index (χ4n) is 7.41. The van der Waals surface area contributed by atoms with Crippen LogP contribution >= 0.6 is 0 Å². The van der Waals surface area contributed by atoms with E-state index < -0.39 is 0 Å². The van der Waals surface area contributed by atoms with Gasteiger partial charge in [-0.1, -0.05) is 12.8 Å². The molecule has 2 fully saturated rings. The van der Waals surface area contributed by atoms with E-state index in [4.69, 9.17) is 25.2 Å². The van der Waals surface area contributed by atoms with Crippen molar-refractivity contribution in [3.8, 4) is 17.3 Å². The Morgan fingerprint density at radius 1 is 1.07 bits per heavy atom. The average Bonchev–Trinajstić information content (AvgIpc) is 3.62. The van der Waals surface area contributed by atoms with Gasteiger partial charge in [0.05, 0.1) is 36.7 Å². The van der Waals surface area contributed by atoms with Crippen molar-refractivity contribution < 1.29 is 19.1 Å². The number of methoxy groups -OCH3 is 2. The average molecular weight is 628 g/mol. The largest absolute Gasteiger partial charge is 0.494 e. The number of piperidine rings is 1. The molecule has 4 atom stereocenters. The quantitative estimate of drug-likeness (QED) is 0.318. The molecule has 3 N–H and O–H groups in total. The smallest absolute Gasteiger partial charge is 0.254 e. The molecule has 1 aliphatic carbocycles. The van der Waals surface area contributed by atoms with Crippen LogP contribution in [0.3, 0.4) is 0 Å². The molecule has 1 saturated carbocycles. The number of nitrogens with two attached hydrogens (primary N) is 1. The summed E-state index contributed by atoms with van der Waals surface area (Å²) in [7, 11) is 3.32. The Hall–Kier alpha value is -3.96. The van der Waals surface area contributed by atoms with Crippen molar-refractivity contribution in [1.82, 2.24) is 29.3 Å². The summed E-state index contributed by atoms with van der Waals surface area (Å²) >= 11 is 0. The fraction of sp³-hybridized carbons (Fsp3) is 0.543. The van der Waals surface area contributed by atoms with E-state index in [0.29, 0.717) is 49.0 Å². The summed E-state index contributed by atoms with van der Waals surface area (Å²) in [4.78, 5) is 38.7. The number of hydrogen-bond acceptors (Lipinski definition) is 7. The van der Waals surface area contributed by atoms with Crippen molar-refractivity contribution in [2.45, 2.75) is 77.0 Å². The third-order valence-electron chi connectivity index (χ3n) is 10.1. The molecule has 7 rings (SSSR count). The summed E-state index contributed by atoms with van der Waals surface area (Å²) < 4.78 is 15.9. The Morgan fingerprint density at radius 2 is 1.93 bits per heavy atom. The van der Waals surface area contributed by atoms with Gasteiger partial charge < -0.3 is 34.6 Å². The second-order valence-electron chi connectivity index (χ2n) is 13.3. The van der Waals surface area contributed by atoms with E-state index in [2.05, 4.69) is 26.6 Å². The van der Waals surface area contributed by atoms with Gasteiger partial charge in [0.15, 0.2) is 5.82 Å². The molecular formula is C35H45N7O4. The van der Waals surface area contributed by atoms with Crippen LogP contribution in [0.2, 0.25) is 0 Å². The molecule has 244 valence electrons. The SMILES string of the molecule is COCCn1c(-c2cc3ccc4nc3n2CCCCC[C@@H]2C[C@H]2C(=O)N[C@@H]4C)nc2cc(C(=O)N3CCC[C@@H](N)C3)cc(OC)c21. The number of benzene rings is 1. The van der Waals surface area contributed by atoms with Crippen LogP contribution in [0.25, 0.3) is 33.6 Å². The van der Waals surface area contributed by atoms with Crippen molar-refractivity contribution in [2.75, 3.05) is 33.9 Å². The zero-order valence-electron chi connectivity index (χ0n) is 27.1. The molecule has 0 unspecified atom stereocenters. The van der Waals surface area contributed by atoms with Gasteiger partial charge in [0, 0.05) is 56.2 Å².